The molecule has 0 spiro atoms. The Hall–Kier alpha value is -1.88. The van der Waals surface area contributed by atoms with Crippen molar-refractivity contribution in [3.8, 4) is 0 Å². The molecule has 1 N–H and O–H groups in total. The van der Waals surface area contributed by atoms with Gasteiger partial charge in [0.25, 0.3) is 5.91 Å². The predicted octanol–water partition coefficient (Wildman–Crippen LogP) is 1.24. The Morgan fingerprint density at radius 2 is 2.23 bits per heavy atom. The van der Waals surface area contributed by atoms with Crippen molar-refractivity contribution in [2.75, 3.05) is 26.2 Å². The number of amides is 2. The minimum Gasteiger partial charge on any atom is -0.338 e. The first kappa shape index (κ1) is 15.0. The van der Waals surface area contributed by atoms with Gasteiger partial charge in [0, 0.05) is 50.7 Å². The normalized spacial score (nSPS) is 22.2. The molecule has 2 amide bonds. The number of carbonyl (C=O) groups is 2. The van der Waals surface area contributed by atoms with E-state index >= 15 is 0 Å². The molecule has 5 heteroatoms. The van der Waals surface area contributed by atoms with Gasteiger partial charge in [0.15, 0.2) is 0 Å². The van der Waals surface area contributed by atoms with Crippen LogP contribution in [0.1, 0.15) is 35.7 Å². The first-order valence-electron chi connectivity index (χ1n) is 8.03. The van der Waals surface area contributed by atoms with E-state index < -0.39 is 0 Å². The molecule has 5 nitrogen and oxygen atoms in total. The van der Waals surface area contributed by atoms with Gasteiger partial charge in [-0.2, -0.15) is 0 Å². The van der Waals surface area contributed by atoms with Crippen molar-refractivity contribution in [1.29, 1.82) is 0 Å². The van der Waals surface area contributed by atoms with E-state index in [1.165, 1.54) is 0 Å². The molecule has 2 heterocycles. The van der Waals surface area contributed by atoms with Crippen molar-refractivity contribution < 1.29 is 9.59 Å². The standard InChI is InChI=1S/C17H23N3O2/c1-13-11-20(9-7-18-13)17(22)15-5-2-4-14(10-15)12-19-8-3-6-16(19)21/h2,4-5,10,13,18H,3,6-9,11-12H2,1H3/t13-/m1/s1. The second-order valence-electron chi connectivity index (χ2n) is 6.23. The molecule has 22 heavy (non-hydrogen) atoms. The van der Waals surface area contributed by atoms with Gasteiger partial charge in [0.05, 0.1) is 0 Å². The number of nitrogens with zero attached hydrogens (tertiary/aromatic N) is 2. The third kappa shape index (κ3) is 3.30. The summed E-state index contributed by atoms with van der Waals surface area (Å²) in [6.07, 6.45) is 1.59. The third-order valence-corrected chi connectivity index (χ3v) is 4.37. The Kier molecular flexibility index (Phi) is 4.43. The number of piperazine rings is 1. The first-order valence-corrected chi connectivity index (χ1v) is 8.03. The molecule has 0 aliphatic carbocycles. The molecule has 118 valence electrons. The molecular weight excluding hydrogens is 278 g/mol. The molecule has 1 aromatic carbocycles. The average Bonchev–Trinajstić information content (AvgIpc) is 2.92. The van der Waals surface area contributed by atoms with Crippen LogP contribution in [0.4, 0.5) is 0 Å². The van der Waals surface area contributed by atoms with E-state index in [2.05, 4.69) is 12.2 Å². The Bertz CT molecular complexity index is 573. The highest BCUT2D eigenvalue weighted by Crippen LogP contribution is 2.16. The van der Waals surface area contributed by atoms with Crippen LogP contribution >= 0.6 is 0 Å². The summed E-state index contributed by atoms with van der Waals surface area (Å²) in [5.74, 6) is 0.301. The van der Waals surface area contributed by atoms with Crippen LogP contribution in [0.25, 0.3) is 0 Å². The van der Waals surface area contributed by atoms with Gasteiger partial charge in [-0.05, 0) is 31.0 Å². The fourth-order valence-electron chi connectivity index (χ4n) is 3.19. The molecule has 2 aliphatic heterocycles. The van der Waals surface area contributed by atoms with Crippen molar-refractivity contribution in [1.82, 2.24) is 15.1 Å². The topological polar surface area (TPSA) is 52.7 Å². The monoisotopic (exact) mass is 301 g/mol. The quantitative estimate of drug-likeness (QED) is 0.914. The van der Waals surface area contributed by atoms with Gasteiger partial charge in [-0.25, -0.2) is 0 Å². The lowest BCUT2D eigenvalue weighted by Gasteiger charge is -2.32. The number of hydrogen-bond acceptors (Lipinski definition) is 3. The Morgan fingerprint density at radius 1 is 1.36 bits per heavy atom. The zero-order chi connectivity index (χ0) is 15.5. The predicted molar refractivity (Wildman–Crippen MR) is 84.5 cm³/mol. The second-order valence-corrected chi connectivity index (χ2v) is 6.23. The molecule has 2 aliphatic rings. The van der Waals surface area contributed by atoms with Crippen LogP contribution < -0.4 is 5.32 Å². The minimum absolute atomic E-state index is 0.0861. The fourth-order valence-corrected chi connectivity index (χ4v) is 3.19. The van der Waals surface area contributed by atoms with E-state index in [1.54, 1.807) is 0 Å². The summed E-state index contributed by atoms with van der Waals surface area (Å²) < 4.78 is 0. The summed E-state index contributed by atoms with van der Waals surface area (Å²) in [6, 6.07) is 8.03. The lowest BCUT2D eigenvalue weighted by atomic mass is 10.1. The number of benzene rings is 1. The SMILES string of the molecule is C[C@@H]1CN(C(=O)c2cccc(CN3CCCC3=O)c2)CCN1. The molecule has 2 saturated heterocycles. The van der Waals surface area contributed by atoms with E-state index in [9.17, 15) is 9.59 Å². The number of hydrogen-bond donors (Lipinski definition) is 1. The highest BCUT2D eigenvalue weighted by Gasteiger charge is 2.23. The number of carbonyl (C=O) groups excluding carboxylic acids is 2. The smallest absolute Gasteiger partial charge is 0.253 e. The van der Waals surface area contributed by atoms with E-state index in [0.29, 0.717) is 19.0 Å². The lowest BCUT2D eigenvalue weighted by Crippen LogP contribution is -2.51. The van der Waals surface area contributed by atoms with Gasteiger partial charge in [-0.3, -0.25) is 9.59 Å². The van der Waals surface area contributed by atoms with Crippen molar-refractivity contribution in [2.24, 2.45) is 0 Å². The molecule has 1 atom stereocenters. The largest absolute Gasteiger partial charge is 0.338 e. The first-order chi connectivity index (χ1) is 10.6. The van der Waals surface area contributed by atoms with Crippen LogP contribution in [0, 0.1) is 0 Å². The maximum Gasteiger partial charge on any atom is 0.253 e. The fraction of sp³-hybridized carbons (Fsp3) is 0.529. The molecule has 0 saturated carbocycles. The van der Waals surface area contributed by atoms with E-state index in [0.717, 1.165) is 43.7 Å². The molecular formula is C17H23N3O2. The molecule has 0 unspecified atom stereocenters. The average molecular weight is 301 g/mol. The van der Waals surface area contributed by atoms with Crippen molar-refractivity contribution >= 4 is 11.8 Å². The Morgan fingerprint density at radius 3 is 2.95 bits per heavy atom. The maximum atomic E-state index is 12.6. The summed E-state index contributed by atoms with van der Waals surface area (Å²) in [5, 5.41) is 3.34. The second kappa shape index (κ2) is 6.48. The maximum absolute atomic E-state index is 12.6. The molecule has 0 radical (unpaired) electrons. The minimum atomic E-state index is 0.0861. The summed E-state index contributed by atoms with van der Waals surface area (Å²) in [4.78, 5) is 28.1. The summed E-state index contributed by atoms with van der Waals surface area (Å²) in [6.45, 7) is 5.86. The van der Waals surface area contributed by atoms with Gasteiger partial charge in [-0.1, -0.05) is 12.1 Å². The van der Waals surface area contributed by atoms with Crippen LogP contribution in [0.3, 0.4) is 0 Å². The van der Waals surface area contributed by atoms with Crippen molar-refractivity contribution in [3.05, 3.63) is 35.4 Å². The Labute approximate surface area is 131 Å². The van der Waals surface area contributed by atoms with Gasteiger partial charge in [-0.15, -0.1) is 0 Å². The highest BCUT2D eigenvalue weighted by molar-refractivity contribution is 5.94. The van der Waals surface area contributed by atoms with Gasteiger partial charge in [0.1, 0.15) is 0 Å². The molecule has 0 aromatic heterocycles. The van der Waals surface area contributed by atoms with Crippen molar-refractivity contribution in [3.63, 3.8) is 0 Å². The molecule has 1 aromatic rings. The number of likely N-dealkylation sites (tertiary alicyclic amines) is 1. The highest BCUT2D eigenvalue weighted by atomic mass is 16.2. The van der Waals surface area contributed by atoms with E-state index in [4.69, 9.17) is 0 Å². The van der Waals surface area contributed by atoms with Gasteiger partial charge >= 0.3 is 0 Å². The Balaban J connectivity index is 1.70. The van der Waals surface area contributed by atoms with E-state index in [1.807, 2.05) is 34.1 Å². The van der Waals surface area contributed by atoms with E-state index in [-0.39, 0.29) is 11.8 Å². The number of nitrogens with one attached hydrogen (secondary N) is 1. The molecule has 0 bridgehead atoms. The number of rotatable bonds is 3. The van der Waals surface area contributed by atoms with Crippen LogP contribution in [0.15, 0.2) is 24.3 Å². The summed E-state index contributed by atoms with van der Waals surface area (Å²) in [5.41, 5.74) is 1.75. The zero-order valence-electron chi connectivity index (χ0n) is 13.0. The lowest BCUT2D eigenvalue weighted by molar-refractivity contribution is -0.128. The summed E-state index contributed by atoms with van der Waals surface area (Å²) in [7, 11) is 0. The zero-order valence-corrected chi connectivity index (χ0v) is 13.0. The van der Waals surface area contributed by atoms with Gasteiger partial charge < -0.3 is 15.1 Å². The van der Waals surface area contributed by atoms with Crippen LogP contribution in [0.5, 0.6) is 0 Å². The van der Waals surface area contributed by atoms with Crippen LogP contribution in [-0.4, -0.2) is 53.8 Å². The van der Waals surface area contributed by atoms with Crippen LogP contribution in [-0.2, 0) is 11.3 Å². The van der Waals surface area contributed by atoms with Crippen molar-refractivity contribution in [2.45, 2.75) is 32.4 Å². The summed E-state index contributed by atoms with van der Waals surface area (Å²) >= 11 is 0. The molecule has 3 rings (SSSR count). The third-order valence-electron chi connectivity index (χ3n) is 4.37. The van der Waals surface area contributed by atoms with Gasteiger partial charge in [0.2, 0.25) is 5.91 Å². The molecule has 2 fully saturated rings. The van der Waals surface area contributed by atoms with Crippen LogP contribution in [0.2, 0.25) is 0 Å².